The van der Waals surface area contributed by atoms with E-state index in [4.69, 9.17) is 0 Å². The fourth-order valence-electron chi connectivity index (χ4n) is 2.09. The maximum absolute atomic E-state index is 4.68. The Hall–Kier alpha value is -0.730. The number of hydrogen-bond donors (Lipinski definition) is 2. The Kier molecular flexibility index (Phi) is 3.41. The number of hydrogen-bond acceptors (Lipinski definition) is 1. The number of nitrogens with zero attached hydrogens (tertiary/aromatic N) is 1. The summed E-state index contributed by atoms with van der Waals surface area (Å²) < 4.78 is 0. The van der Waals surface area contributed by atoms with Crippen LogP contribution in [0.2, 0.25) is 0 Å². The van der Waals surface area contributed by atoms with Gasteiger partial charge in [0.05, 0.1) is 0 Å². The molecule has 16 heavy (non-hydrogen) atoms. The highest BCUT2D eigenvalue weighted by molar-refractivity contribution is 5.80. The summed E-state index contributed by atoms with van der Waals surface area (Å²) in [7, 11) is 0. The van der Waals surface area contributed by atoms with Crippen LogP contribution in [0.25, 0.3) is 0 Å². The second kappa shape index (κ2) is 4.64. The van der Waals surface area contributed by atoms with E-state index in [2.05, 4.69) is 36.4 Å². The standard InChI is InChI=1S/C13H25N3/c1-4-14-12(15-9-10-6-5-7-10)16-11-8-13(11,2)3/h10-11H,4-9H2,1-3H3,(H2,14,15,16). The molecule has 0 aromatic heterocycles. The third-order valence-corrected chi connectivity index (χ3v) is 3.90. The Morgan fingerprint density at radius 3 is 2.50 bits per heavy atom. The van der Waals surface area contributed by atoms with Crippen LogP contribution in [-0.4, -0.2) is 25.1 Å². The van der Waals surface area contributed by atoms with Crippen LogP contribution >= 0.6 is 0 Å². The Bertz CT molecular complexity index is 266. The van der Waals surface area contributed by atoms with Crippen LogP contribution < -0.4 is 10.6 Å². The molecule has 0 radical (unpaired) electrons. The van der Waals surface area contributed by atoms with Gasteiger partial charge in [-0.2, -0.15) is 0 Å². The first-order valence-electron chi connectivity index (χ1n) is 6.66. The van der Waals surface area contributed by atoms with Crippen molar-refractivity contribution in [2.45, 2.75) is 52.5 Å². The van der Waals surface area contributed by atoms with Crippen LogP contribution in [-0.2, 0) is 0 Å². The van der Waals surface area contributed by atoms with Crippen molar-refractivity contribution in [3.63, 3.8) is 0 Å². The molecule has 2 aliphatic rings. The maximum atomic E-state index is 4.68. The third kappa shape index (κ3) is 2.89. The van der Waals surface area contributed by atoms with Gasteiger partial charge >= 0.3 is 0 Å². The summed E-state index contributed by atoms with van der Waals surface area (Å²) in [5.41, 5.74) is 0.465. The zero-order valence-corrected chi connectivity index (χ0v) is 10.8. The van der Waals surface area contributed by atoms with Crippen molar-refractivity contribution in [3.05, 3.63) is 0 Å². The summed E-state index contributed by atoms with van der Waals surface area (Å²) in [5.74, 6) is 1.87. The van der Waals surface area contributed by atoms with Crippen LogP contribution in [0, 0.1) is 11.3 Å². The summed E-state index contributed by atoms with van der Waals surface area (Å²) in [5, 5.41) is 6.86. The van der Waals surface area contributed by atoms with Gasteiger partial charge in [-0.1, -0.05) is 20.3 Å². The lowest BCUT2D eigenvalue weighted by Gasteiger charge is -2.23. The van der Waals surface area contributed by atoms with E-state index >= 15 is 0 Å². The molecule has 3 heteroatoms. The Balaban J connectivity index is 1.79. The normalized spacial score (nSPS) is 28.4. The molecule has 0 aliphatic heterocycles. The minimum atomic E-state index is 0.465. The van der Waals surface area contributed by atoms with Crippen LogP contribution in [0.5, 0.6) is 0 Å². The van der Waals surface area contributed by atoms with Crippen LogP contribution in [0.15, 0.2) is 4.99 Å². The minimum absolute atomic E-state index is 0.465. The molecule has 92 valence electrons. The number of nitrogens with one attached hydrogen (secondary N) is 2. The first-order chi connectivity index (χ1) is 7.62. The lowest BCUT2D eigenvalue weighted by atomic mass is 9.86. The lowest BCUT2D eigenvalue weighted by molar-refractivity contribution is 0.325. The van der Waals surface area contributed by atoms with Gasteiger partial charge in [-0.25, -0.2) is 0 Å². The van der Waals surface area contributed by atoms with Crippen molar-refractivity contribution < 1.29 is 0 Å². The predicted octanol–water partition coefficient (Wildman–Crippen LogP) is 2.14. The maximum Gasteiger partial charge on any atom is 0.191 e. The van der Waals surface area contributed by atoms with Crippen molar-refractivity contribution in [1.82, 2.24) is 10.6 Å². The molecular formula is C13H25N3. The number of guanidine groups is 1. The summed E-state index contributed by atoms with van der Waals surface area (Å²) in [6.07, 6.45) is 5.41. The molecule has 3 nitrogen and oxygen atoms in total. The van der Waals surface area contributed by atoms with Gasteiger partial charge < -0.3 is 10.6 Å². The molecule has 0 bridgehead atoms. The average molecular weight is 223 g/mol. The highest BCUT2D eigenvalue weighted by Gasteiger charge is 2.46. The quantitative estimate of drug-likeness (QED) is 0.566. The van der Waals surface area contributed by atoms with Gasteiger partial charge in [0.25, 0.3) is 0 Å². The van der Waals surface area contributed by atoms with E-state index in [-0.39, 0.29) is 0 Å². The van der Waals surface area contributed by atoms with Crippen molar-refractivity contribution in [2.24, 2.45) is 16.3 Å². The summed E-state index contributed by atoms with van der Waals surface area (Å²) in [6, 6.07) is 0.617. The topological polar surface area (TPSA) is 36.4 Å². The van der Waals surface area contributed by atoms with Crippen molar-refractivity contribution in [2.75, 3.05) is 13.1 Å². The van der Waals surface area contributed by atoms with Crippen molar-refractivity contribution >= 4 is 5.96 Å². The highest BCUT2D eigenvalue weighted by Crippen LogP contribution is 2.44. The van der Waals surface area contributed by atoms with E-state index in [0.29, 0.717) is 11.5 Å². The molecule has 0 heterocycles. The third-order valence-electron chi connectivity index (χ3n) is 3.90. The van der Waals surface area contributed by atoms with Gasteiger partial charge in [-0.15, -0.1) is 0 Å². The monoisotopic (exact) mass is 223 g/mol. The van der Waals surface area contributed by atoms with Crippen molar-refractivity contribution in [1.29, 1.82) is 0 Å². The average Bonchev–Trinajstić information content (AvgIpc) is 2.71. The molecule has 0 spiro atoms. The Labute approximate surface area is 99.1 Å². The van der Waals surface area contributed by atoms with E-state index in [0.717, 1.165) is 25.0 Å². The first kappa shape index (κ1) is 11.7. The molecule has 2 saturated carbocycles. The lowest BCUT2D eigenvalue weighted by Crippen LogP contribution is -2.40. The van der Waals surface area contributed by atoms with Gasteiger partial charge in [0.1, 0.15) is 0 Å². The smallest absolute Gasteiger partial charge is 0.191 e. The van der Waals surface area contributed by atoms with Gasteiger partial charge in [0, 0.05) is 19.1 Å². The Morgan fingerprint density at radius 2 is 2.06 bits per heavy atom. The summed E-state index contributed by atoms with van der Waals surface area (Å²) in [4.78, 5) is 4.68. The molecule has 2 N–H and O–H groups in total. The van der Waals surface area contributed by atoms with Crippen LogP contribution in [0.1, 0.15) is 46.5 Å². The molecular weight excluding hydrogens is 198 g/mol. The van der Waals surface area contributed by atoms with Crippen LogP contribution in [0.3, 0.4) is 0 Å². The Morgan fingerprint density at radius 1 is 1.38 bits per heavy atom. The number of aliphatic imine (C=N–C) groups is 1. The molecule has 2 fully saturated rings. The van der Waals surface area contributed by atoms with E-state index < -0.39 is 0 Å². The van der Waals surface area contributed by atoms with E-state index in [1.165, 1.54) is 25.7 Å². The van der Waals surface area contributed by atoms with Gasteiger partial charge in [-0.3, -0.25) is 4.99 Å². The van der Waals surface area contributed by atoms with E-state index in [1.807, 2.05) is 0 Å². The second-order valence-corrected chi connectivity index (χ2v) is 5.91. The minimum Gasteiger partial charge on any atom is -0.357 e. The zero-order chi connectivity index (χ0) is 11.6. The molecule has 0 amide bonds. The van der Waals surface area contributed by atoms with E-state index in [1.54, 1.807) is 0 Å². The van der Waals surface area contributed by atoms with Crippen molar-refractivity contribution in [3.8, 4) is 0 Å². The predicted molar refractivity (Wildman–Crippen MR) is 68.6 cm³/mol. The van der Waals surface area contributed by atoms with Gasteiger partial charge in [-0.05, 0) is 37.5 Å². The molecule has 2 rings (SSSR count). The molecule has 0 aromatic carbocycles. The fourth-order valence-corrected chi connectivity index (χ4v) is 2.09. The number of rotatable bonds is 4. The molecule has 1 unspecified atom stereocenters. The summed E-state index contributed by atoms with van der Waals surface area (Å²) >= 11 is 0. The fraction of sp³-hybridized carbons (Fsp3) is 0.923. The SMILES string of the molecule is CCNC(=NCC1CCC1)NC1CC1(C)C. The largest absolute Gasteiger partial charge is 0.357 e. The first-order valence-corrected chi connectivity index (χ1v) is 6.66. The van der Waals surface area contributed by atoms with E-state index in [9.17, 15) is 0 Å². The summed E-state index contributed by atoms with van der Waals surface area (Å²) in [6.45, 7) is 8.69. The van der Waals surface area contributed by atoms with Gasteiger partial charge in [0.15, 0.2) is 5.96 Å². The molecule has 0 aromatic rings. The molecule has 2 aliphatic carbocycles. The second-order valence-electron chi connectivity index (χ2n) is 5.91. The zero-order valence-electron chi connectivity index (χ0n) is 10.8. The van der Waals surface area contributed by atoms with Gasteiger partial charge in [0.2, 0.25) is 0 Å². The van der Waals surface area contributed by atoms with Crippen LogP contribution in [0.4, 0.5) is 0 Å². The highest BCUT2D eigenvalue weighted by atomic mass is 15.2. The molecule has 0 saturated heterocycles. The molecule has 1 atom stereocenters.